The normalized spacial score (nSPS) is 11.1. The monoisotopic (exact) mass is 1110 g/mol. The standard InChI is InChI=1S/C84H74O2/c1-3-5-7-31-57-85-83-75(61-49-53-69(54-50-61)79(67-41-23-13-24-42-67)77(63-33-15-9-16-34-63)64-35-17-10-18-36-64)59-71-45-27-29-47-73(71)81(83)82-74-48-30-28-46-72(74)60-76(84(82)86-58-32-8-6-4-2)62-51-55-70(56-52-62)80(68-43-25-14-26-44-68)78(65-37-19-11-20-38-65)66-39-21-12-22-40-66/h9-30,33-56,59-60H,3-8,31-32,57-58H2,1-2H3. The first kappa shape index (κ1) is 56.7. The zero-order valence-corrected chi connectivity index (χ0v) is 49.6. The average Bonchev–Trinajstić information content (AvgIpc) is 0.922. The second kappa shape index (κ2) is 27.8. The number of rotatable bonds is 23. The molecule has 0 unspecified atom stereocenters. The molecule has 86 heavy (non-hydrogen) atoms. The largest absolute Gasteiger partial charge is 0.492 e. The Morgan fingerprint density at radius 1 is 0.256 bits per heavy atom. The summed E-state index contributed by atoms with van der Waals surface area (Å²) in [6, 6.07) is 106. The Balaban J connectivity index is 1.08. The maximum atomic E-state index is 7.45. The van der Waals surface area contributed by atoms with Gasteiger partial charge in [-0.25, -0.2) is 0 Å². The van der Waals surface area contributed by atoms with Gasteiger partial charge in [0.2, 0.25) is 0 Å². The SMILES string of the molecule is CCCCCCOc1c(-c2ccc(C(=C(c3ccccc3)c3ccccc3)c3ccccc3)cc2)cc2ccccc2c1-c1c(OCCCCCC)c(-c2ccc(C(=C(c3ccccc3)c3ccccc3)c3ccccc3)cc2)cc2ccccc12. The molecule has 0 aliphatic carbocycles. The van der Waals surface area contributed by atoms with Crippen LogP contribution in [0.1, 0.15) is 110 Å². The minimum atomic E-state index is 0.590. The van der Waals surface area contributed by atoms with E-state index in [9.17, 15) is 0 Å². The maximum absolute atomic E-state index is 7.45. The number of unbranched alkanes of at least 4 members (excludes halogenated alkanes) is 6. The molecule has 0 fully saturated rings. The zero-order chi connectivity index (χ0) is 58.3. The van der Waals surface area contributed by atoms with Crippen LogP contribution in [0.5, 0.6) is 11.5 Å². The van der Waals surface area contributed by atoms with Crippen LogP contribution in [0, 0.1) is 0 Å². The van der Waals surface area contributed by atoms with E-state index in [1.807, 2.05) is 0 Å². The van der Waals surface area contributed by atoms with Gasteiger partial charge in [-0.1, -0.05) is 331 Å². The lowest BCUT2D eigenvalue weighted by Gasteiger charge is -2.25. The van der Waals surface area contributed by atoms with E-state index in [4.69, 9.17) is 9.47 Å². The van der Waals surface area contributed by atoms with Crippen LogP contribution in [0.4, 0.5) is 0 Å². The smallest absolute Gasteiger partial charge is 0.135 e. The van der Waals surface area contributed by atoms with Gasteiger partial charge in [0, 0.05) is 22.3 Å². The Labute approximate surface area is 509 Å². The third-order valence-corrected chi connectivity index (χ3v) is 16.6. The van der Waals surface area contributed by atoms with Crippen LogP contribution >= 0.6 is 0 Å². The fraction of sp³-hybridized carbons (Fsp3) is 0.143. The summed E-state index contributed by atoms with van der Waals surface area (Å²) in [6.07, 6.45) is 8.74. The summed E-state index contributed by atoms with van der Waals surface area (Å²) in [5.74, 6) is 1.75. The summed E-state index contributed by atoms with van der Waals surface area (Å²) in [5.41, 5.74) is 20.4. The van der Waals surface area contributed by atoms with Crippen molar-refractivity contribution in [3.63, 3.8) is 0 Å². The molecule has 0 N–H and O–H groups in total. The van der Waals surface area contributed by atoms with Crippen molar-refractivity contribution in [2.75, 3.05) is 13.2 Å². The van der Waals surface area contributed by atoms with Crippen molar-refractivity contribution in [1.29, 1.82) is 0 Å². The third kappa shape index (κ3) is 12.5. The van der Waals surface area contributed by atoms with E-state index in [1.54, 1.807) is 0 Å². The Bertz CT molecular complexity index is 3860. The van der Waals surface area contributed by atoms with Crippen LogP contribution in [-0.2, 0) is 0 Å². The molecule has 0 heterocycles. The van der Waals surface area contributed by atoms with E-state index < -0.39 is 0 Å². The van der Waals surface area contributed by atoms with Crippen LogP contribution < -0.4 is 9.47 Å². The summed E-state index contributed by atoms with van der Waals surface area (Å²) < 4.78 is 14.9. The van der Waals surface area contributed by atoms with Crippen molar-refractivity contribution in [3.05, 3.63) is 336 Å². The van der Waals surface area contributed by atoms with Gasteiger partial charge in [0.1, 0.15) is 11.5 Å². The molecule has 0 spiro atoms. The van der Waals surface area contributed by atoms with E-state index in [1.165, 1.54) is 44.5 Å². The average molecular weight is 1120 g/mol. The zero-order valence-electron chi connectivity index (χ0n) is 49.6. The lowest BCUT2D eigenvalue weighted by molar-refractivity contribution is 0.303. The van der Waals surface area contributed by atoms with Crippen molar-refractivity contribution >= 4 is 43.8 Å². The highest BCUT2D eigenvalue weighted by Crippen LogP contribution is 2.53. The second-order valence-electron chi connectivity index (χ2n) is 22.4. The number of hydrogen-bond donors (Lipinski definition) is 0. The van der Waals surface area contributed by atoms with Crippen molar-refractivity contribution in [1.82, 2.24) is 0 Å². The molecule has 0 radical (unpaired) electrons. The lowest BCUT2D eigenvalue weighted by atomic mass is 9.84. The highest BCUT2D eigenvalue weighted by atomic mass is 16.5. The van der Waals surface area contributed by atoms with E-state index in [0.29, 0.717) is 13.2 Å². The summed E-state index contributed by atoms with van der Waals surface area (Å²) >= 11 is 0. The second-order valence-corrected chi connectivity index (χ2v) is 22.4. The highest BCUT2D eigenvalue weighted by Gasteiger charge is 2.27. The number of benzene rings is 12. The minimum absolute atomic E-state index is 0.590. The van der Waals surface area contributed by atoms with Gasteiger partial charge in [-0.15, -0.1) is 0 Å². The molecular weight excluding hydrogens is 1040 g/mol. The fourth-order valence-electron chi connectivity index (χ4n) is 12.4. The summed E-state index contributed by atoms with van der Waals surface area (Å²) in [4.78, 5) is 0. The van der Waals surface area contributed by atoms with Gasteiger partial charge in [0.25, 0.3) is 0 Å². The van der Waals surface area contributed by atoms with Crippen molar-refractivity contribution in [2.24, 2.45) is 0 Å². The molecule has 12 aromatic rings. The Kier molecular flexibility index (Phi) is 18.3. The van der Waals surface area contributed by atoms with Crippen LogP contribution in [0.15, 0.2) is 291 Å². The lowest BCUT2D eigenvalue weighted by Crippen LogP contribution is -2.05. The molecule has 2 nitrogen and oxygen atoms in total. The molecule has 0 aromatic heterocycles. The Hall–Kier alpha value is -9.76. The fourth-order valence-corrected chi connectivity index (χ4v) is 12.4. The summed E-state index contributed by atoms with van der Waals surface area (Å²) in [6.45, 7) is 5.72. The Morgan fingerprint density at radius 2 is 0.512 bits per heavy atom. The minimum Gasteiger partial charge on any atom is -0.492 e. The molecule has 0 aliphatic rings. The van der Waals surface area contributed by atoms with Crippen molar-refractivity contribution < 1.29 is 9.47 Å². The molecular formula is C84H74O2. The first-order valence-corrected chi connectivity index (χ1v) is 31.1. The molecule has 0 saturated carbocycles. The van der Waals surface area contributed by atoms with Crippen molar-refractivity contribution in [3.8, 4) is 44.9 Å². The van der Waals surface area contributed by atoms with Gasteiger partial charge in [-0.2, -0.15) is 0 Å². The predicted molar refractivity (Wildman–Crippen MR) is 366 cm³/mol. The van der Waals surface area contributed by atoms with Gasteiger partial charge in [-0.05, 0) is 124 Å². The van der Waals surface area contributed by atoms with Crippen LogP contribution in [-0.4, -0.2) is 13.2 Å². The molecule has 12 aromatic carbocycles. The third-order valence-electron chi connectivity index (χ3n) is 16.6. The van der Waals surface area contributed by atoms with Gasteiger partial charge in [-0.3, -0.25) is 0 Å². The van der Waals surface area contributed by atoms with Crippen LogP contribution in [0.3, 0.4) is 0 Å². The van der Waals surface area contributed by atoms with E-state index in [-0.39, 0.29) is 0 Å². The van der Waals surface area contributed by atoms with Crippen LogP contribution in [0.2, 0.25) is 0 Å². The molecule has 0 atom stereocenters. The molecule has 2 heteroatoms. The Morgan fingerprint density at radius 3 is 0.791 bits per heavy atom. The predicted octanol–water partition coefficient (Wildman–Crippen LogP) is 22.9. The molecule has 0 saturated heterocycles. The van der Waals surface area contributed by atoms with Crippen molar-refractivity contribution in [2.45, 2.75) is 65.2 Å². The van der Waals surface area contributed by atoms with Crippen LogP contribution in [0.25, 0.3) is 77.2 Å². The van der Waals surface area contributed by atoms with Gasteiger partial charge >= 0.3 is 0 Å². The highest BCUT2D eigenvalue weighted by molar-refractivity contribution is 6.15. The van der Waals surface area contributed by atoms with E-state index >= 15 is 0 Å². The number of fused-ring (bicyclic) bond motifs is 2. The summed E-state index contributed by atoms with van der Waals surface area (Å²) in [7, 11) is 0. The topological polar surface area (TPSA) is 18.5 Å². The molecule has 0 amide bonds. The molecule has 0 aliphatic heterocycles. The first-order valence-electron chi connectivity index (χ1n) is 31.1. The molecule has 12 rings (SSSR count). The maximum Gasteiger partial charge on any atom is 0.135 e. The molecule has 0 bridgehead atoms. The van der Waals surface area contributed by atoms with E-state index in [0.717, 1.165) is 140 Å². The van der Waals surface area contributed by atoms with E-state index in [2.05, 4.69) is 305 Å². The number of ether oxygens (including phenoxy) is 2. The van der Waals surface area contributed by atoms with Gasteiger partial charge in [0.15, 0.2) is 0 Å². The summed E-state index contributed by atoms with van der Waals surface area (Å²) in [5, 5.41) is 4.53. The quantitative estimate of drug-likeness (QED) is 0.0469. The van der Waals surface area contributed by atoms with Gasteiger partial charge < -0.3 is 9.47 Å². The number of hydrogen-bond acceptors (Lipinski definition) is 2. The van der Waals surface area contributed by atoms with Gasteiger partial charge in [0.05, 0.1) is 13.2 Å². The molecule has 422 valence electrons. The first-order chi connectivity index (χ1) is 42.7.